The predicted molar refractivity (Wildman–Crippen MR) is 84.3 cm³/mol. The zero-order chi connectivity index (χ0) is 14.8. The quantitative estimate of drug-likeness (QED) is 0.666. The summed E-state index contributed by atoms with van der Waals surface area (Å²) in [6.45, 7) is 5.57. The van der Waals surface area contributed by atoms with E-state index in [1.807, 2.05) is 6.92 Å². The molecule has 1 rings (SSSR count). The minimum absolute atomic E-state index is 0.0162. The maximum atomic E-state index is 11.7. The van der Waals surface area contributed by atoms with Crippen LogP contribution in [0.4, 0.5) is 0 Å². The van der Waals surface area contributed by atoms with Crippen molar-refractivity contribution in [2.45, 2.75) is 51.6 Å². The zero-order valence-corrected chi connectivity index (χ0v) is 14.1. The molecule has 1 aliphatic rings. The number of rotatable bonds is 9. The van der Waals surface area contributed by atoms with Gasteiger partial charge in [-0.3, -0.25) is 4.79 Å². The monoisotopic (exact) mass is 303 g/mol. The third-order valence-corrected chi connectivity index (χ3v) is 5.35. The third kappa shape index (κ3) is 8.18. The molecular weight excluding hydrogens is 273 g/mol. The minimum atomic E-state index is -0.391. The Morgan fingerprint density at radius 3 is 2.70 bits per heavy atom. The van der Waals surface area contributed by atoms with Gasteiger partial charge in [-0.25, -0.2) is 0 Å². The van der Waals surface area contributed by atoms with Crippen molar-refractivity contribution in [3.63, 3.8) is 0 Å². The van der Waals surface area contributed by atoms with Crippen molar-refractivity contribution < 1.29 is 14.1 Å². The van der Waals surface area contributed by atoms with Gasteiger partial charge in [-0.2, -0.15) is 0 Å². The molecule has 2 unspecified atom stereocenters. The van der Waals surface area contributed by atoms with Gasteiger partial charge in [-0.05, 0) is 32.3 Å². The summed E-state index contributed by atoms with van der Waals surface area (Å²) in [5.74, 6) is 0.792. The summed E-state index contributed by atoms with van der Waals surface area (Å²) in [4.78, 5) is 11.7. The van der Waals surface area contributed by atoms with E-state index >= 15 is 0 Å². The molecule has 0 heterocycles. The molecule has 1 aliphatic carbocycles. The first kappa shape index (κ1) is 17.9. The molecular formula is C15H30NO3P. The second kappa shape index (κ2) is 10.5. The van der Waals surface area contributed by atoms with Crippen LogP contribution in [0.15, 0.2) is 0 Å². The Bertz CT molecular complexity index is 270. The summed E-state index contributed by atoms with van der Waals surface area (Å²) in [6, 6.07) is 0. The number of carbonyl (C=O) groups excluding carboxylic acids is 1. The molecule has 4 nitrogen and oxygen atoms in total. The number of amides is 1. The third-order valence-electron chi connectivity index (χ3n) is 3.87. The molecule has 1 N–H and O–H groups in total. The van der Waals surface area contributed by atoms with E-state index < -0.39 is 8.15 Å². The summed E-state index contributed by atoms with van der Waals surface area (Å²) < 4.78 is 11.0. The molecule has 0 aromatic rings. The first-order valence-electron chi connectivity index (χ1n) is 7.75. The van der Waals surface area contributed by atoms with Gasteiger partial charge in [0.2, 0.25) is 5.91 Å². The van der Waals surface area contributed by atoms with Gasteiger partial charge in [0.1, 0.15) is 0 Å². The van der Waals surface area contributed by atoms with Gasteiger partial charge in [0.15, 0.2) is 0 Å². The summed E-state index contributed by atoms with van der Waals surface area (Å²) >= 11 is 0. The van der Waals surface area contributed by atoms with E-state index in [1.165, 1.54) is 32.1 Å². The topological polar surface area (TPSA) is 47.6 Å². The summed E-state index contributed by atoms with van der Waals surface area (Å²) in [5.41, 5.74) is 0. The Hall–Kier alpha value is -0.180. The van der Waals surface area contributed by atoms with Crippen molar-refractivity contribution >= 4 is 14.1 Å². The fourth-order valence-corrected chi connectivity index (χ4v) is 3.10. The lowest BCUT2D eigenvalue weighted by Gasteiger charge is -2.23. The van der Waals surface area contributed by atoms with E-state index in [9.17, 15) is 4.79 Å². The molecule has 1 amide bonds. The lowest BCUT2D eigenvalue weighted by Crippen LogP contribution is -2.30. The van der Waals surface area contributed by atoms with Crippen LogP contribution in [0.1, 0.15) is 45.4 Å². The second-order valence-corrected chi connectivity index (χ2v) is 7.80. The molecule has 0 bridgehead atoms. The fraction of sp³-hybridized carbons (Fsp3) is 0.933. The van der Waals surface area contributed by atoms with Gasteiger partial charge < -0.3 is 14.6 Å². The summed E-state index contributed by atoms with van der Waals surface area (Å²) in [6.07, 6.45) is 8.01. The highest BCUT2D eigenvalue weighted by Crippen LogP contribution is 2.28. The molecule has 0 radical (unpaired) electrons. The van der Waals surface area contributed by atoms with Gasteiger partial charge in [0, 0.05) is 34.6 Å². The molecule has 20 heavy (non-hydrogen) atoms. The van der Waals surface area contributed by atoms with Gasteiger partial charge in [0.25, 0.3) is 0 Å². The van der Waals surface area contributed by atoms with Crippen molar-refractivity contribution in [1.82, 2.24) is 5.32 Å². The molecule has 0 aromatic heterocycles. The van der Waals surface area contributed by atoms with Crippen LogP contribution < -0.4 is 5.32 Å². The van der Waals surface area contributed by atoms with Crippen LogP contribution in [0.5, 0.6) is 0 Å². The van der Waals surface area contributed by atoms with Crippen LogP contribution in [0.2, 0.25) is 0 Å². The van der Waals surface area contributed by atoms with Crippen molar-refractivity contribution in [2.75, 3.05) is 33.1 Å². The Balaban J connectivity index is 2.05. The highest BCUT2D eigenvalue weighted by atomic mass is 31.1. The lowest BCUT2D eigenvalue weighted by atomic mass is 9.90. The highest BCUT2D eigenvalue weighted by molar-refractivity contribution is 7.51. The van der Waals surface area contributed by atoms with Crippen LogP contribution in [0.3, 0.4) is 0 Å². The van der Waals surface area contributed by atoms with Crippen LogP contribution in [-0.4, -0.2) is 45.1 Å². The normalized spacial score (nSPS) is 19.6. The zero-order valence-electron chi connectivity index (χ0n) is 13.2. The van der Waals surface area contributed by atoms with E-state index in [0.717, 1.165) is 12.8 Å². The Morgan fingerprint density at radius 1 is 1.35 bits per heavy atom. The smallest absolute Gasteiger partial charge is 0.222 e. The van der Waals surface area contributed by atoms with E-state index in [1.54, 1.807) is 7.11 Å². The standard InChI is InChI=1S/C15H30NO3P/c1-13(19-12-14-7-5-4-6-8-14)11-15(17)16-9-10-20(3)18-2/h13-14H,4-12H2,1-3H3,(H,16,17). The van der Waals surface area contributed by atoms with Gasteiger partial charge in [0.05, 0.1) is 12.5 Å². The Morgan fingerprint density at radius 2 is 2.05 bits per heavy atom. The molecule has 1 fully saturated rings. The highest BCUT2D eigenvalue weighted by Gasteiger charge is 2.16. The minimum Gasteiger partial charge on any atom is -0.378 e. The van der Waals surface area contributed by atoms with E-state index in [0.29, 0.717) is 18.9 Å². The average Bonchev–Trinajstić information content (AvgIpc) is 2.46. The van der Waals surface area contributed by atoms with Crippen LogP contribution >= 0.6 is 8.15 Å². The van der Waals surface area contributed by atoms with Gasteiger partial charge >= 0.3 is 0 Å². The van der Waals surface area contributed by atoms with E-state index in [2.05, 4.69) is 12.0 Å². The van der Waals surface area contributed by atoms with Crippen molar-refractivity contribution in [3.8, 4) is 0 Å². The van der Waals surface area contributed by atoms with Crippen LogP contribution in [0, 0.1) is 5.92 Å². The maximum Gasteiger partial charge on any atom is 0.222 e. The van der Waals surface area contributed by atoms with Crippen molar-refractivity contribution in [1.29, 1.82) is 0 Å². The Kier molecular flexibility index (Phi) is 9.41. The molecule has 0 aromatic carbocycles. The van der Waals surface area contributed by atoms with Crippen molar-refractivity contribution in [3.05, 3.63) is 0 Å². The second-order valence-electron chi connectivity index (χ2n) is 5.74. The number of ether oxygens (including phenoxy) is 1. The maximum absolute atomic E-state index is 11.7. The number of hydrogen-bond acceptors (Lipinski definition) is 3. The molecule has 1 saturated carbocycles. The van der Waals surface area contributed by atoms with Crippen LogP contribution in [-0.2, 0) is 14.1 Å². The number of nitrogens with one attached hydrogen (secondary N) is 1. The van der Waals surface area contributed by atoms with Crippen molar-refractivity contribution in [2.24, 2.45) is 5.92 Å². The Labute approximate surface area is 124 Å². The van der Waals surface area contributed by atoms with Crippen LogP contribution in [0.25, 0.3) is 0 Å². The molecule has 0 spiro atoms. The van der Waals surface area contributed by atoms with Gasteiger partial charge in [-0.1, -0.05) is 19.3 Å². The molecule has 0 aliphatic heterocycles. The van der Waals surface area contributed by atoms with Gasteiger partial charge in [-0.15, -0.1) is 0 Å². The SMILES string of the molecule is COP(C)CCNC(=O)CC(C)OCC1CCCCC1. The fourth-order valence-electron chi connectivity index (χ4n) is 2.49. The first-order valence-corrected chi connectivity index (χ1v) is 9.64. The molecule has 5 heteroatoms. The largest absolute Gasteiger partial charge is 0.378 e. The number of hydrogen-bond donors (Lipinski definition) is 1. The predicted octanol–water partition coefficient (Wildman–Crippen LogP) is 3.15. The van der Waals surface area contributed by atoms with E-state index in [4.69, 9.17) is 9.26 Å². The number of carbonyl (C=O) groups is 1. The molecule has 0 saturated heterocycles. The lowest BCUT2D eigenvalue weighted by molar-refractivity contribution is -0.123. The molecule has 2 atom stereocenters. The average molecular weight is 303 g/mol. The summed E-state index contributed by atoms with van der Waals surface area (Å²) in [5, 5.41) is 2.93. The molecule has 118 valence electrons. The van der Waals surface area contributed by atoms with E-state index in [-0.39, 0.29) is 12.0 Å². The summed E-state index contributed by atoms with van der Waals surface area (Å²) in [7, 11) is 1.33. The first-order chi connectivity index (χ1) is 9.61.